The van der Waals surface area contributed by atoms with Crippen molar-refractivity contribution in [2.75, 3.05) is 38.1 Å². The smallest absolute Gasteiger partial charge is 0.291 e. The fourth-order valence-corrected chi connectivity index (χ4v) is 3.84. The van der Waals surface area contributed by atoms with Gasteiger partial charge in [-0.05, 0) is 25.6 Å². The van der Waals surface area contributed by atoms with E-state index < -0.39 is 0 Å². The first-order chi connectivity index (χ1) is 13.0. The molecule has 2 aromatic rings. The van der Waals surface area contributed by atoms with E-state index in [0.29, 0.717) is 31.2 Å². The normalized spacial score (nSPS) is 23.3. The first kappa shape index (κ1) is 17.8. The van der Waals surface area contributed by atoms with Crippen LogP contribution in [0.25, 0.3) is 0 Å². The number of amides is 2. The molecule has 4 heterocycles. The Balaban J connectivity index is 1.55. The van der Waals surface area contributed by atoms with Gasteiger partial charge < -0.3 is 9.80 Å². The molecule has 2 aliphatic rings. The van der Waals surface area contributed by atoms with Crippen molar-refractivity contribution in [3.63, 3.8) is 0 Å². The van der Waals surface area contributed by atoms with Gasteiger partial charge in [0.05, 0.1) is 29.0 Å². The molecule has 0 radical (unpaired) electrons. The molecule has 0 aromatic carbocycles. The molecule has 0 N–H and O–H groups in total. The summed E-state index contributed by atoms with van der Waals surface area (Å²) in [4.78, 5) is 43.1. The molecule has 2 aliphatic heterocycles. The Morgan fingerprint density at radius 1 is 1.22 bits per heavy atom. The van der Waals surface area contributed by atoms with Gasteiger partial charge in [-0.25, -0.2) is 9.97 Å². The van der Waals surface area contributed by atoms with Crippen molar-refractivity contribution in [2.24, 2.45) is 0 Å². The summed E-state index contributed by atoms with van der Waals surface area (Å²) in [6.45, 7) is 1.91. The Bertz CT molecular complexity index is 862. The number of pyridine rings is 1. The van der Waals surface area contributed by atoms with Gasteiger partial charge in [-0.3, -0.25) is 19.5 Å². The molecule has 0 saturated carbocycles. The number of anilines is 1. The minimum absolute atomic E-state index is 0.0296. The third-order valence-corrected chi connectivity index (χ3v) is 5.52. The van der Waals surface area contributed by atoms with E-state index in [2.05, 4.69) is 19.9 Å². The molecular formula is C18H19ClN6O2. The number of carbonyl (C=O) groups is 2. The first-order valence-corrected chi connectivity index (χ1v) is 9.05. The molecule has 2 saturated heterocycles. The van der Waals surface area contributed by atoms with Crippen LogP contribution in [0.5, 0.6) is 0 Å². The van der Waals surface area contributed by atoms with E-state index in [9.17, 15) is 9.59 Å². The van der Waals surface area contributed by atoms with Crippen LogP contribution >= 0.6 is 11.6 Å². The molecule has 2 amide bonds. The number of nitrogens with zero attached hydrogens (tertiary/aromatic N) is 6. The number of likely N-dealkylation sites (tertiary alicyclic amines) is 1. The summed E-state index contributed by atoms with van der Waals surface area (Å²) in [7, 11) is 1.94. The summed E-state index contributed by atoms with van der Waals surface area (Å²) in [5.74, 6) is -0.0567. The van der Waals surface area contributed by atoms with E-state index in [1.807, 2.05) is 19.2 Å². The molecule has 2 aromatic heterocycles. The van der Waals surface area contributed by atoms with Gasteiger partial charge in [-0.15, -0.1) is 0 Å². The fraction of sp³-hybridized carbons (Fsp3) is 0.389. The number of piperazine rings is 1. The molecule has 1 unspecified atom stereocenters. The number of hydrogen-bond donors (Lipinski definition) is 0. The maximum absolute atomic E-state index is 12.8. The first-order valence-electron chi connectivity index (χ1n) is 8.67. The highest BCUT2D eigenvalue weighted by atomic mass is 35.5. The summed E-state index contributed by atoms with van der Waals surface area (Å²) < 4.78 is 0. The van der Waals surface area contributed by atoms with E-state index in [0.717, 1.165) is 12.1 Å². The molecule has 1 spiro atoms. The predicted molar refractivity (Wildman–Crippen MR) is 99.5 cm³/mol. The zero-order chi connectivity index (χ0) is 19.0. The molecule has 4 rings (SSSR count). The zero-order valence-corrected chi connectivity index (χ0v) is 15.6. The average molecular weight is 387 g/mol. The summed E-state index contributed by atoms with van der Waals surface area (Å²) in [6, 6.07) is 3.69. The highest BCUT2D eigenvalue weighted by Gasteiger charge is 2.49. The summed E-state index contributed by atoms with van der Waals surface area (Å²) in [5, 5.41) is 0.391. The van der Waals surface area contributed by atoms with Gasteiger partial charge in [-0.1, -0.05) is 11.6 Å². The molecule has 9 heteroatoms. The highest BCUT2D eigenvalue weighted by Crippen LogP contribution is 2.33. The Hall–Kier alpha value is -2.58. The van der Waals surface area contributed by atoms with Crippen LogP contribution in [0.3, 0.4) is 0 Å². The molecular weight excluding hydrogens is 368 g/mol. The Kier molecular flexibility index (Phi) is 4.53. The van der Waals surface area contributed by atoms with Gasteiger partial charge in [0, 0.05) is 38.2 Å². The SMILES string of the molecule is CN1CC(=O)N(c2cccnc2)CC12CCN(C(=O)c1ncc(Cl)cn1)C2. The zero-order valence-electron chi connectivity index (χ0n) is 14.9. The molecule has 8 nitrogen and oxygen atoms in total. The molecule has 140 valence electrons. The maximum Gasteiger partial charge on any atom is 0.291 e. The average Bonchev–Trinajstić information content (AvgIpc) is 3.11. The van der Waals surface area contributed by atoms with E-state index in [1.54, 1.807) is 22.2 Å². The maximum atomic E-state index is 12.8. The van der Waals surface area contributed by atoms with Gasteiger partial charge in [0.1, 0.15) is 0 Å². The minimum atomic E-state index is -0.300. The van der Waals surface area contributed by atoms with E-state index in [-0.39, 0.29) is 23.2 Å². The summed E-state index contributed by atoms with van der Waals surface area (Å²) in [5.41, 5.74) is 0.479. The Morgan fingerprint density at radius 3 is 2.70 bits per heavy atom. The van der Waals surface area contributed by atoms with Crippen molar-refractivity contribution >= 4 is 29.1 Å². The van der Waals surface area contributed by atoms with Crippen LogP contribution in [0, 0.1) is 0 Å². The molecule has 2 fully saturated rings. The van der Waals surface area contributed by atoms with Gasteiger partial charge in [-0.2, -0.15) is 0 Å². The quantitative estimate of drug-likeness (QED) is 0.768. The van der Waals surface area contributed by atoms with Crippen molar-refractivity contribution in [2.45, 2.75) is 12.0 Å². The van der Waals surface area contributed by atoms with Crippen molar-refractivity contribution in [1.29, 1.82) is 0 Å². The van der Waals surface area contributed by atoms with Crippen molar-refractivity contribution in [3.05, 3.63) is 47.8 Å². The van der Waals surface area contributed by atoms with Gasteiger partial charge in [0.2, 0.25) is 11.7 Å². The van der Waals surface area contributed by atoms with Crippen molar-refractivity contribution < 1.29 is 9.59 Å². The Morgan fingerprint density at radius 2 is 2.00 bits per heavy atom. The standard InChI is InChI=1S/C18H19ClN6O2/c1-23-10-15(26)25(14-3-2-5-20-9-14)12-18(23)4-6-24(11-18)17(27)16-21-7-13(19)8-22-16/h2-3,5,7-9H,4,6,10-12H2,1H3. The largest absolute Gasteiger partial charge is 0.334 e. The number of aromatic nitrogens is 3. The van der Waals surface area contributed by atoms with Crippen LogP contribution < -0.4 is 4.90 Å². The van der Waals surface area contributed by atoms with Crippen LogP contribution in [0.4, 0.5) is 5.69 Å². The van der Waals surface area contributed by atoms with Crippen LogP contribution in [0.15, 0.2) is 36.9 Å². The predicted octanol–water partition coefficient (Wildman–Crippen LogP) is 1.09. The summed E-state index contributed by atoms with van der Waals surface area (Å²) >= 11 is 5.80. The highest BCUT2D eigenvalue weighted by molar-refractivity contribution is 6.30. The number of hydrogen-bond acceptors (Lipinski definition) is 6. The second-order valence-electron chi connectivity index (χ2n) is 6.97. The van der Waals surface area contributed by atoms with Crippen LogP contribution in [0.2, 0.25) is 5.02 Å². The second kappa shape index (κ2) is 6.86. The van der Waals surface area contributed by atoms with E-state index in [4.69, 9.17) is 11.6 Å². The topological polar surface area (TPSA) is 82.5 Å². The van der Waals surface area contributed by atoms with E-state index >= 15 is 0 Å². The monoisotopic (exact) mass is 386 g/mol. The number of likely N-dealkylation sites (N-methyl/N-ethyl adjacent to an activating group) is 1. The second-order valence-corrected chi connectivity index (χ2v) is 7.41. The molecule has 0 bridgehead atoms. The van der Waals surface area contributed by atoms with Crippen LogP contribution in [-0.2, 0) is 4.79 Å². The lowest BCUT2D eigenvalue weighted by Gasteiger charge is -2.46. The van der Waals surface area contributed by atoms with E-state index in [1.165, 1.54) is 12.4 Å². The van der Waals surface area contributed by atoms with Crippen molar-refractivity contribution in [1.82, 2.24) is 24.8 Å². The molecule has 1 atom stereocenters. The third kappa shape index (κ3) is 3.26. The van der Waals surface area contributed by atoms with Gasteiger partial charge in [0.15, 0.2) is 0 Å². The van der Waals surface area contributed by atoms with Gasteiger partial charge in [0.25, 0.3) is 5.91 Å². The molecule has 0 aliphatic carbocycles. The summed E-state index contributed by atoms with van der Waals surface area (Å²) in [6.07, 6.45) is 6.98. The lowest BCUT2D eigenvalue weighted by atomic mass is 9.92. The number of halogens is 1. The Labute approximate surface area is 161 Å². The van der Waals surface area contributed by atoms with Gasteiger partial charge >= 0.3 is 0 Å². The fourth-order valence-electron chi connectivity index (χ4n) is 3.74. The van der Waals surface area contributed by atoms with Crippen molar-refractivity contribution in [3.8, 4) is 0 Å². The third-order valence-electron chi connectivity index (χ3n) is 5.32. The van der Waals surface area contributed by atoms with Crippen LogP contribution in [0.1, 0.15) is 17.0 Å². The molecule has 27 heavy (non-hydrogen) atoms. The lowest BCUT2D eigenvalue weighted by molar-refractivity contribution is -0.123. The number of carbonyl (C=O) groups excluding carboxylic acids is 2. The minimum Gasteiger partial charge on any atom is -0.334 e. The van der Waals surface area contributed by atoms with Crippen LogP contribution in [-0.4, -0.2) is 75.3 Å². The lowest BCUT2D eigenvalue weighted by Crippen LogP contribution is -2.64. The number of rotatable bonds is 2.